The molecule has 0 aliphatic carbocycles. The molecule has 3 heterocycles. The lowest BCUT2D eigenvalue weighted by Gasteiger charge is -2.27. The molecule has 0 bridgehead atoms. The van der Waals surface area contributed by atoms with Crippen LogP contribution in [0.1, 0.15) is 28.1 Å². The Balaban J connectivity index is 1.61. The van der Waals surface area contributed by atoms with Crippen molar-refractivity contribution in [1.29, 1.82) is 0 Å². The number of thiazole rings is 1. The third kappa shape index (κ3) is 4.60. The van der Waals surface area contributed by atoms with E-state index in [4.69, 9.17) is 14.1 Å². The van der Waals surface area contributed by atoms with Crippen LogP contribution in [-0.2, 0) is 4.74 Å². The monoisotopic (exact) mass is 444 g/mol. The third-order valence-corrected chi connectivity index (χ3v) is 6.56. The van der Waals surface area contributed by atoms with E-state index in [9.17, 15) is 14.9 Å². The van der Waals surface area contributed by atoms with Crippen molar-refractivity contribution in [2.45, 2.75) is 20.3 Å². The van der Waals surface area contributed by atoms with Gasteiger partial charge >= 0.3 is 5.88 Å². The van der Waals surface area contributed by atoms with Crippen LogP contribution >= 0.6 is 11.3 Å². The molecule has 0 saturated carbocycles. The quantitative estimate of drug-likeness (QED) is 0.404. The Hall–Kier alpha value is -2.82. The average Bonchev–Trinajstić information content (AvgIpc) is 3.43. The number of amides is 1. The molecule has 1 aliphatic rings. The van der Waals surface area contributed by atoms with Crippen LogP contribution in [0.25, 0.3) is 10.2 Å². The Morgan fingerprint density at radius 1 is 1.23 bits per heavy atom. The summed E-state index contributed by atoms with van der Waals surface area (Å²) < 4.78 is 11.6. The molecule has 9 nitrogen and oxygen atoms in total. The van der Waals surface area contributed by atoms with Crippen LogP contribution in [0, 0.1) is 24.0 Å². The van der Waals surface area contributed by atoms with Gasteiger partial charge < -0.3 is 9.15 Å². The van der Waals surface area contributed by atoms with E-state index < -0.39 is 16.7 Å². The zero-order chi connectivity index (χ0) is 22.0. The Morgan fingerprint density at radius 2 is 1.97 bits per heavy atom. The molecule has 0 atom stereocenters. The van der Waals surface area contributed by atoms with Gasteiger partial charge in [0.15, 0.2) is 10.9 Å². The van der Waals surface area contributed by atoms with E-state index in [1.807, 2.05) is 26.0 Å². The molecule has 0 N–H and O–H groups in total. The van der Waals surface area contributed by atoms with Crippen molar-refractivity contribution < 1.29 is 18.9 Å². The van der Waals surface area contributed by atoms with Crippen LogP contribution < -0.4 is 4.90 Å². The molecule has 164 valence electrons. The number of ether oxygens (including phenoxy) is 1. The summed E-state index contributed by atoms with van der Waals surface area (Å²) in [6.45, 7) is 8.45. The first-order chi connectivity index (χ1) is 14.9. The zero-order valence-corrected chi connectivity index (χ0v) is 18.3. The molecule has 31 heavy (non-hydrogen) atoms. The van der Waals surface area contributed by atoms with Gasteiger partial charge in [-0.2, -0.15) is 0 Å². The molecule has 0 unspecified atom stereocenters. The fraction of sp³-hybridized carbons (Fsp3) is 0.429. The summed E-state index contributed by atoms with van der Waals surface area (Å²) >= 11 is 1.45. The Morgan fingerprint density at radius 3 is 2.65 bits per heavy atom. The number of nitrogens with zero attached hydrogens (tertiary/aromatic N) is 4. The minimum atomic E-state index is -0.649. The second-order valence-corrected chi connectivity index (χ2v) is 8.51. The van der Waals surface area contributed by atoms with E-state index >= 15 is 0 Å². The van der Waals surface area contributed by atoms with Crippen LogP contribution in [0.5, 0.6) is 0 Å². The van der Waals surface area contributed by atoms with Gasteiger partial charge in [-0.1, -0.05) is 23.5 Å². The number of morpholine rings is 1. The second kappa shape index (κ2) is 9.13. The van der Waals surface area contributed by atoms with Crippen LogP contribution in [0.15, 0.2) is 28.7 Å². The average molecular weight is 445 g/mol. The fourth-order valence-corrected chi connectivity index (χ4v) is 4.73. The van der Waals surface area contributed by atoms with Gasteiger partial charge in [-0.25, -0.2) is 4.98 Å². The standard InChI is InChI=1S/C21H24N4O5S/c1-14-4-5-15(2)19-18(14)22-21(31-19)24(9-3-8-23-10-12-29-13-11-23)20(26)16-6-7-17(30-16)25(27)28/h4-7H,3,8-13H2,1-2H3. The van der Waals surface area contributed by atoms with Crippen molar-refractivity contribution in [3.05, 3.63) is 51.3 Å². The predicted octanol–water partition coefficient (Wildman–Crippen LogP) is 3.78. The maximum absolute atomic E-state index is 13.3. The van der Waals surface area contributed by atoms with E-state index in [1.54, 1.807) is 4.90 Å². The predicted molar refractivity (Wildman–Crippen MR) is 118 cm³/mol. The number of aromatic nitrogens is 1. The van der Waals surface area contributed by atoms with Crippen molar-refractivity contribution in [2.24, 2.45) is 0 Å². The van der Waals surface area contributed by atoms with Gasteiger partial charge in [0.1, 0.15) is 4.92 Å². The number of rotatable bonds is 7. The minimum absolute atomic E-state index is 0.0641. The van der Waals surface area contributed by atoms with Gasteiger partial charge in [0.25, 0.3) is 5.91 Å². The molecule has 1 aromatic carbocycles. The zero-order valence-electron chi connectivity index (χ0n) is 17.5. The summed E-state index contributed by atoms with van der Waals surface area (Å²) in [5.74, 6) is -0.942. The first kappa shape index (κ1) is 21.4. The molecule has 0 spiro atoms. The van der Waals surface area contributed by atoms with Crippen molar-refractivity contribution in [2.75, 3.05) is 44.3 Å². The van der Waals surface area contributed by atoms with Crippen LogP contribution in [-0.4, -0.2) is 60.1 Å². The highest BCUT2D eigenvalue weighted by molar-refractivity contribution is 7.22. The number of fused-ring (bicyclic) bond motifs is 1. The third-order valence-electron chi connectivity index (χ3n) is 5.35. The van der Waals surface area contributed by atoms with Crippen LogP contribution in [0.3, 0.4) is 0 Å². The molecule has 1 fully saturated rings. The summed E-state index contributed by atoms with van der Waals surface area (Å²) in [7, 11) is 0. The number of aryl methyl sites for hydroxylation is 2. The van der Waals surface area contributed by atoms with Gasteiger partial charge in [0, 0.05) is 26.2 Å². The van der Waals surface area contributed by atoms with Gasteiger partial charge in [0.05, 0.1) is 29.5 Å². The summed E-state index contributed by atoms with van der Waals surface area (Å²) in [5, 5.41) is 11.5. The number of hydrogen-bond donors (Lipinski definition) is 0. The Labute approximate surface area is 183 Å². The SMILES string of the molecule is Cc1ccc(C)c2sc(N(CCCN3CCOCC3)C(=O)c3ccc([N+](=O)[O-])o3)nc12. The van der Waals surface area contributed by atoms with Crippen molar-refractivity contribution in [3.63, 3.8) is 0 Å². The molecule has 10 heteroatoms. The summed E-state index contributed by atoms with van der Waals surface area (Å²) in [5.41, 5.74) is 3.01. The molecule has 3 aromatic rings. The topological polar surface area (TPSA) is 102 Å². The van der Waals surface area contributed by atoms with E-state index in [2.05, 4.69) is 4.90 Å². The van der Waals surface area contributed by atoms with Crippen LogP contribution in [0.4, 0.5) is 11.0 Å². The number of furan rings is 1. The maximum atomic E-state index is 13.3. The number of carbonyl (C=O) groups excluding carboxylic acids is 1. The summed E-state index contributed by atoms with van der Waals surface area (Å²) in [6, 6.07) is 6.60. The summed E-state index contributed by atoms with van der Waals surface area (Å²) in [4.78, 5) is 32.2. The molecule has 0 radical (unpaired) electrons. The fourth-order valence-electron chi connectivity index (χ4n) is 3.60. The Bertz CT molecular complexity index is 1060. The molecule has 1 saturated heterocycles. The smallest absolute Gasteiger partial charge is 0.395 e. The number of benzene rings is 1. The van der Waals surface area contributed by atoms with E-state index in [0.717, 1.165) is 60.6 Å². The molecular weight excluding hydrogens is 420 g/mol. The van der Waals surface area contributed by atoms with E-state index in [1.165, 1.54) is 23.5 Å². The number of carbonyl (C=O) groups is 1. The highest BCUT2D eigenvalue weighted by atomic mass is 32.1. The molecule has 4 rings (SSSR count). The first-order valence-corrected chi connectivity index (χ1v) is 11.0. The lowest BCUT2D eigenvalue weighted by molar-refractivity contribution is -0.402. The highest BCUT2D eigenvalue weighted by Crippen LogP contribution is 2.34. The lowest BCUT2D eigenvalue weighted by Crippen LogP contribution is -2.39. The van der Waals surface area contributed by atoms with Gasteiger partial charge in [-0.3, -0.25) is 24.7 Å². The summed E-state index contributed by atoms with van der Waals surface area (Å²) in [6.07, 6.45) is 0.739. The minimum Gasteiger partial charge on any atom is -0.395 e. The molecule has 1 aliphatic heterocycles. The molecule has 1 amide bonds. The van der Waals surface area contributed by atoms with Crippen molar-refractivity contribution in [3.8, 4) is 0 Å². The Kier molecular flexibility index (Phi) is 6.30. The lowest BCUT2D eigenvalue weighted by atomic mass is 10.1. The van der Waals surface area contributed by atoms with E-state index in [0.29, 0.717) is 11.7 Å². The van der Waals surface area contributed by atoms with Gasteiger partial charge in [0.2, 0.25) is 0 Å². The van der Waals surface area contributed by atoms with Gasteiger partial charge in [-0.05, 0) is 37.5 Å². The van der Waals surface area contributed by atoms with E-state index in [-0.39, 0.29) is 5.76 Å². The normalized spacial score (nSPS) is 14.8. The maximum Gasteiger partial charge on any atom is 0.433 e. The van der Waals surface area contributed by atoms with Crippen LogP contribution in [0.2, 0.25) is 0 Å². The largest absolute Gasteiger partial charge is 0.433 e. The number of anilines is 1. The number of nitro groups is 1. The number of hydrogen-bond acceptors (Lipinski definition) is 8. The highest BCUT2D eigenvalue weighted by Gasteiger charge is 2.26. The molecular formula is C21H24N4O5S. The van der Waals surface area contributed by atoms with Gasteiger partial charge in [-0.15, -0.1) is 0 Å². The molecule has 2 aromatic heterocycles. The van der Waals surface area contributed by atoms with Crippen molar-refractivity contribution in [1.82, 2.24) is 9.88 Å². The first-order valence-electron chi connectivity index (χ1n) is 10.2. The second-order valence-electron chi connectivity index (χ2n) is 7.53. The van der Waals surface area contributed by atoms with Crippen molar-refractivity contribution >= 4 is 38.5 Å².